The summed E-state index contributed by atoms with van der Waals surface area (Å²) >= 11 is 0. The number of nitrogens with zero attached hydrogens (tertiary/aromatic N) is 2. The number of aliphatic carboxylic acids is 1. The molecule has 2 aliphatic heterocycles. The van der Waals surface area contributed by atoms with Gasteiger partial charge >= 0.3 is 5.97 Å². The predicted molar refractivity (Wildman–Crippen MR) is 112 cm³/mol. The maximum Gasteiger partial charge on any atom is 0.307 e. The van der Waals surface area contributed by atoms with Gasteiger partial charge in [-0.2, -0.15) is 0 Å². The molecule has 2 aromatic carbocycles. The van der Waals surface area contributed by atoms with E-state index in [1.165, 1.54) is 0 Å². The van der Waals surface area contributed by atoms with Gasteiger partial charge in [-0.1, -0.05) is 24.3 Å². The topological polar surface area (TPSA) is 115 Å². The zero-order valence-electron chi connectivity index (χ0n) is 17.2. The van der Waals surface area contributed by atoms with Crippen LogP contribution in [0.3, 0.4) is 0 Å². The summed E-state index contributed by atoms with van der Waals surface area (Å²) in [5, 5.41) is 19.8. The number of fused-ring (bicyclic) bond motifs is 2. The summed E-state index contributed by atoms with van der Waals surface area (Å²) in [5.74, 6) is -3.33. The molecule has 1 saturated carbocycles. The van der Waals surface area contributed by atoms with Gasteiger partial charge in [0.2, 0.25) is 5.91 Å². The normalized spacial score (nSPS) is 24.1. The van der Waals surface area contributed by atoms with E-state index in [2.05, 4.69) is 0 Å². The molecule has 8 nitrogen and oxygen atoms in total. The van der Waals surface area contributed by atoms with Gasteiger partial charge in [0.1, 0.15) is 5.75 Å². The van der Waals surface area contributed by atoms with Gasteiger partial charge in [0.05, 0.1) is 35.5 Å². The van der Waals surface area contributed by atoms with Crippen molar-refractivity contribution >= 4 is 23.7 Å². The number of rotatable bonds is 4. The number of carbonyl (C=O) groups excluding carboxylic acids is 3. The van der Waals surface area contributed by atoms with Gasteiger partial charge in [0.25, 0.3) is 11.8 Å². The number of phenolic OH excluding ortho intramolecular Hbond substituents is 1. The van der Waals surface area contributed by atoms with Gasteiger partial charge in [-0.25, -0.2) is 0 Å². The molecule has 164 valence electrons. The first-order chi connectivity index (χ1) is 15.4. The molecule has 8 heteroatoms. The van der Waals surface area contributed by atoms with Crippen molar-refractivity contribution in [2.24, 2.45) is 11.8 Å². The second-order valence-corrected chi connectivity index (χ2v) is 8.54. The minimum atomic E-state index is -0.985. The molecule has 1 aliphatic carbocycles. The average Bonchev–Trinajstić information content (AvgIpc) is 2.98. The second-order valence-electron chi connectivity index (χ2n) is 8.54. The standard InChI is InChI=1S/C24H22N2O6/c27-20-7-3-6-13-14(20)10-11-25(21(28)17-8-9-18(17)24(31)32)19(13)12-26-22(29)15-4-1-2-5-16(15)23(26)30/h1-7,17-19,27H,8-12H2,(H,31,32)/t17-,18+,19-/m1/s1. The third-order valence-corrected chi connectivity index (χ3v) is 6.95. The van der Waals surface area contributed by atoms with Crippen LogP contribution in [-0.2, 0) is 16.0 Å². The molecule has 3 amide bonds. The van der Waals surface area contributed by atoms with Crippen LogP contribution in [-0.4, -0.2) is 56.8 Å². The van der Waals surface area contributed by atoms with Crippen LogP contribution in [0, 0.1) is 11.8 Å². The number of phenols is 1. The number of hydrogen-bond donors (Lipinski definition) is 2. The summed E-state index contributed by atoms with van der Waals surface area (Å²) in [6.45, 7) is 0.221. The van der Waals surface area contributed by atoms with E-state index in [0.29, 0.717) is 41.5 Å². The largest absolute Gasteiger partial charge is 0.508 e. The SMILES string of the molecule is O=C(O)[C@H]1CC[C@H]1C(=O)N1CCc2c(O)cccc2[C@H]1CN1C(=O)c2ccccc2C1=O. The van der Waals surface area contributed by atoms with Crippen molar-refractivity contribution in [1.29, 1.82) is 0 Å². The molecule has 0 aromatic heterocycles. The number of carbonyl (C=O) groups is 4. The Labute approximate surface area is 184 Å². The van der Waals surface area contributed by atoms with Crippen molar-refractivity contribution in [2.75, 3.05) is 13.1 Å². The Hall–Kier alpha value is -3.68. The fourth-order valence-electron chi connectivity index (χ4n) is 5.08. The van der Waals surface area contributed by atoms with Crippen LogP contribution in [0.2, 0.25) is 0 Å². The molecule has 0 saturated heterocycles. The maximum absolute atomic E-state index is 13.4. The number of imide groups is 1. The zero-order chi connectivity index (χ0) is 22.6. The molecule has 2 aromatic rings. The van der Waals surface area contributed by atoms with E-state index >= 15 is 0 Å². The quantitative estimate of drug-likeness (QED) is 0.713. The lowest BCUT2D eigenvalue weighted by Crippen LogP contribution is -2.52. The second kappa shape index (κ2) is 7.47. The van der Waals surface area contributed by atoms with Gasteiger partial charge in [-0.05, 0) is 43.0 Å². The number of carboxylic acids is 1. The van der Waals surface area contributed by atoms with E-state index in [0.717, 1.165) is 4.90 Å². The van der Waals surface area contributed by atoms with Gasteiger partial charge in [-0.15, -0.1) is 0 Å². The molecule has 5 rings (SSSR count). The van der Waals surface area contributed by atoms with E-state index in [-0.39, 0.29) is 24.7 Å². The van der Waals surface area contributed by atoms with Crippen molar-refractivity contribution in [1.82, 2.24) is 9.80 Å². The van der Waals surface area contributed by atoms with Crippen molar-refractivity contribution < 1.29 is 29.4 Å². The molecule has 2 heterocycles. The van der Waals surface area contributed by atoms with E-state index < -0.39 is 35.7 Å². The molecule has 0 bridgehead atoms. The summed E-state index contributed by atoms with van der Waals surface area (Å²) in [7, 11) is 0. The van der Waals surface area contributed by atoms with Crippen LogP contribution in [0.25, 0.3) is 0 Å². The molecular formula is C24H22N2O6. The number of benzene rings is 2. The number of hydrogen-bond acceptors (Lipinski definition) is 5. The molecule has 3 aliphatic rings. The molecule has 32 heavy (non-hydrogen) atoms. The Morgan fingerprint density at radius 1 is 0.938 bits per heavy atom. The number of amides is 3. The highest BCUT2D eigenvalue weighted by Crippen LogP contribution is 2.41. The Morgan fingerprint density at radius 2 is 1.59 bits per heavy atom. The predicted octanol–water partition coefficient (Wildman–Crippen LogP) is 2.23. The minimum absolute atomic E-state index is 0.0565. The Kier molecular flexibility index (Phi) is 4.73. The Morgan fingerprint density at radius 3 is 2.19 bits per heavy atom. The van der Waals surface area contributed by atoms with Gasteiger partial charge < -0.3 is 15.1 Å². The molecule has 0 spiro atoms. The summed E-state index contributed by atoms with van der Waals surface area (Å²) in [6.07, 6.45) is 1.37. The molecular weight excluding hydrogens is 412 g/mol. The summed E-state index contributed by atoms with van der Waals surface area (Å²) in [6, 6.07) is 11.0. The lowest BCUT2D eigenvalue weighted by molar-refractivity contribution is -0.158. The number of carboxylic acid groups (broad SMARTS) is 1. The van der Waals surface area contributed by atoms with Crippen LogP contribution >= 0.6 is 0 Å². The maximum atomic E-state index is 13.4. The highest BCUT2D eigenvalue weighted by atomic mass is 16.4. The Balaban J connectivity index is 1.50. The van der Waals surface area contributed by atoms with Crippen LogP contribution in [0.5, 0.6) is 5.75 Å². The first kappa shape index (κ1) is 20.2. The fraction of sp³-hybridized carbons (Fsp3) is 0.333. The molecule has 0 radical (unpaired) electrons. The number of aromatic hydroxyl groups is 1. The van der Waals surface area contributed by atoms with E-state index in [1.807, 2.05) is 0 Å². The van der Waals surface area contributed by atoms with E-state index in [9.17, 15) is 29.4 Å². The molecule has 0 unspecified atom stereocenters. The van der Waals surface area contributed by atoms with Crippen molar-refractivity contribution in [3.05, 3.63) is 64.7 Å². The van der Waals surface area contributed by atoms with Crippen LogP contribution < -0.4 is 0 Å². The van der Waals surface area contributed by atoms with E-state index in [1.54, 1.807) is 47.4 Å². The molecule has 1 fully saturated rings. The highest BCUT2D eigenvalue weighted by Gasteiger charge is 2.47. The minimum Gasteiger partial charge on any atom is -0.508 e. The van der Waals surface area contributed by atoms with E-state index in [4.69, 9.17) is 0 Å². The third kappa shape index (κ3) is 2.97. The fourth-order valence-corrected chi connectivity index (χ4v) is 5.08. The van der Waals surface area contributed by atoms with Gasteiger partial charge in [0.15, 0.2) is 0 Å². The third-order valence-electron chi connectivity index (χ3n) is 6.95. The Bertz CT molecular complexity index is 1120. The summed E-state index contributed by atoms with van der Waals surface area (Å²) in [4.78, 5) is 53.5. The lowest BCUT2D eigenvalue weighted by atomic mass is 9.72. The van der Waals surface area contributed by atoms with Crippen molar-refractivity contribution in [3.63, 3.8) is 0 Å². The highest BCUT2D eigenvalue weighted by molar-refractivity contribution is 6.21. The van der Waals surface area contributed by atoms with Crippen molar-refractivity contribution in [3.8, 4) is 5.75 Å². The van der Waals surface area contributed by atoms with Gasteiger partial charge in [-0.3, -0.25) is 24.1 Å². The first-order valence-corrected chi connectivity index (χ1v) is 10.7. The molecule has 2 N–H and O–H groups in total. The van der Waals surface area contributed by atoms with Crippen molar-refractivity contribution in [2.45, 2.75) is 25.3 Å². The van der Waals surface area contributed by atoms with Crippen LogP contribution in [0.4, 0.5) is 0 Å². The van der Waals surface area contributed by atoms with Crippen LogP contribution in [0.15, 0.2) is 42.5 Å². The molecule has 3 atom stereocenters. The van der Waals surface area contributed by atoms with Crippen LogP contribution in [0.1, 0.15) is 50.7 Å². The average molecular weight is 434 g/mol. The van der Waals surface area contributed by atoms with Gasteiger partial charge in [0, 0.05) is 12.1 Å². The lowest BCUT2D eigenvalue weighted by Gasteiger charge is -2.43. The zero-order valence-corrected chi connectivity index (χ0v) is 17.2. The summed E-state index contributed by atoms with van der Waals surface area (Å²) < 4.78 is 0. The first-order valence-electron chi connectivity index (χ1n) is 10.7. The monoisotopic (exact) mass is 434 g/mol. The summed E-state index contributed by atoms with van der Waals surface area (Å²) in [5.41, 5.74) is 2.01. The smallest absolute Gasteiger partial charge is 0.307 e.